The first-order valence-corrected chi connectivity index (χ1v) is 11.3. The highest BCUT2D eigenvalue weighted by Gasteiger charge is 2.21. The fourth-order valence-electron chi connectivity index (χ4n) is 4.18. The Bertz CT molecular complexity index is 832. The maximum absolute atomic E-state index is 12.7. The Kier molecular flexibility index (Phi) is 6.23. The van der Waals surface area contributed by atoms with Crippen LogP contribution in [-0.4, -0.2) is 36.5 Å². The van der Waals surface area contributed by atoms with Crippen molar-refractivity contribution in [1.82, 2.24) is 10.2 Å². The molecule has 2 aliphatic heterocycles. The Morgan fingerprint density at radius 1 is 1.11 bits per heavy atom. The summed E-state index contributed by atoms with van der Waals surface area (Å²) in [4.78, 5) is 17.7. The lowest BCUT2D eigenvalue weighted by Gasteiger charge is -2.27. The smallest absolute Gasteiger partial charge is 0.251 e. The molecule has 1 fully saturated rings. The quantitative estimate of drug-likeness (QED) is 0.571. The predicted molar refractivity (Wildman–Crippen MR) is 117 cm³/mol. The minimum atomic E-state index is 0.0186. The Balaban J connectivity index is 1.35. The number of anilines is 2. The minimum Gasteiger partial charge on any atom is -0.354 e. The fraction of sp³-hybridized carbons (Fsp3) is 0.435. The number of para-hydroxylation sites is 1. The molecular weight excluding hydrogens is 366 g/mol. The first-order chi connectivity index (χ1) is 13.7. The van der Waals surface area contributed by atoms with E-state index in [2.05, 4.69) is 34.6 Å². The zero-order valence-electron chi connectivity index (χ0n) is 16.5. The number of benzene rings is 2. The van der Waals surface area contributed by atoms with Crippen LogP contribution < -0.4 is 10.6 Å². The molecule has 2 N–H and O–H groups in total. The van der Waals surface area contributed by atoms with Crippen LogP contribution in [0.5, 0.6) is 0 Å². The molecule has 0 unspecified atom stereocenters. The molecule has 0 spiro atoms. The lowest BCUT2D eigenvalue weighted by atomic mass is 10.1. The monoisotopic (exact) mass is 395 g/mol. The molecule has 1 amide bonds. The minimum absolute atomic E-state index is 0.0186. The molecule has 0 bridgehead atoms. The molecule has 1 saturated heterocycles. The van der Waals surface area contributed by atoms with Gasteiger partial charge in [0.05, 0.1) is 11.4 Å². The topological polar surface area (TPSA) is 44.4 Å². The maximum Gasteiger partial charge on any atom is 0.251 e. The molecule has 4 nitrogen and oxygen atoms in total. The molecule has 0 aliphatic carbocycles. The van der Waals surface area contributed by atoms with Gasteiger partial charge in [-0.05, 0) is 69.1 Å². The number of likely N-dealkylation sites (tertiary alicyclic amines) is 1. The number of nitrogens with one attached hydrogen (secondary N) is 2. The lowest BCUT2D eigenvalue weighted by molar-refractivity contribution is 0.0948. The number of carbonyl (C=O) groups is 1. The summed E-state index contributed by atoms with van der Waals surface area (Å²) in [5.74, 6) is 0.0186. The third-order valence-corrected chi connectivity index (χ3v) is 6.81. The van der Waals surface area contributed by atoms with E-state index in [0.29, 0.717) is 6.04 Å². The zero-order valence-corrected chi connectivity index (χ0v) is 17.4. The van der Waals surface area contributed by atoms with Crippen LogP contribution in [0.3, 0.4) is 0 Å². The average molecular weight is 396 g/mol. The highest BCUT2D eigenvalue weighted by Crippen LogP contribution is 2.44. The number of hydrogen-bond acceptors (Lipinski definition) is 4. The van der Waals surface area contributed by atoms with Crippen LogP contribution in [0.15, 0.2) is 52.3 Å². The fourth-order valence-corrected chi connectivity index (χ4v) is 5.15. The molecule has 5 heteroatoms. The number of carbonyl (C=O) groups excluding carboxylic acids is 1. The normalized spacial score (nSPS) is 16.8. The van der Waals surface area contributed by atoms with Gasteiger partial charge < -0.3 is 15.5 Å². The van der Waals surface area contributed by atoms with E-state index < -0.39 is 0 Å². The average Bonchev–Trinajstić information content (AvgIpc) is 3.26. The number of fused-ring (bicyclic) bond motifs is 2. The van der Waals surface area contributed by atoms with E-state index in [1.807, 2.05) is 30.3 Å². The van der Waals surface area contributed by atoms with Crippen LogP contribution in [0, 0.1) is 0 Å². The zero-order chi connectivity index (χ0) is 19.3. The second kappa shape index (κ2) is 9.01. The molecule has 0 saturated carbocycles. The summed E-state index contributed by atoms with van der Waals surface area (Å²) in [6, 6.07) is 14.8. The van der Waals surface area contributed by atoms with Gasteiger partial charge in [0, 0.05) is 27.9 Å². The van der Waals surface area contributed by atoms with Crippen molar-refractivity contribution in [3.05, 3.63) is 48.0 Å². The third-order valence-electron chi connectivity index (χ3n) is 5.66. The van der Waals surface area contributed by atoms with Crippen LogP contribution in [0.4, 0.5) is 11.4 Å². The van der Waals surface area contributed by atoms with Crippen molar-refractivity contribution in [3.8, 4) is 0 Å². The number of hydrogen-bond donors (Lipinski definition) is 2. The number of amides is 1. The van der Waals surface area contributed by atoms with Crippen molar-refractivity contribution >= 4 is 29.0 Å². The Morgan fingerprint density at radius 3 is 2.71 bits per heavy atom. The summed E-state index contributed by atoms with van der Waals surface area (Å²) in [6.45, 7) is 5.42. The van der Waals surface area contributed by atoms with Crippen LogP contribution in [0.2, 0.25) is 0 Å². The Hall–Kier alpha value is -1.98. The van der Waals surface area contributed by atoms with Gasteiger partial charge in [-0.15, -0.1) is 0 Å². The van der Waals surface area contributed by atoms with E-state index in [0.717, 1.165) is 34.8 Å². The van der Waals surface area contributed by atoms with Crippen molar-refractivity contribution in [3.63, 3.8) is 0 Å². The summed E-state index contributed by atoms with van der Waals surface area (Å²) >= 11 is 1.74. The van der Waals surface area contributed by atoms with E-state index in [1.165, 1.54) is 43.7 Å². The highest BCUT2D eigenvalue weighted by molar-refractivity contribution is 7.99. The number of rotatable bonds is 7. The third kappa shape index (κ3) is 4.36. The van der Waals surface area contributed by atoms with Gasteiger partial charge in [0.2, 0.25) is 0 Å². The van der Waals surface area contributed by atoms with E-state index >= 15 is 0 Å². The summed E-state index contributed by atoms with van der Waals surface area (Å²) in [7, 11) is 0. The molecule has 148 valence electrons. The van der Waals surface area contributed by atoms with Crippen LogP contribution in [-0.2, 0) is 0 Å². The van der Waals surface area contributed by atoms with Gasteiger partial charge in [-0.1, -0.05) is 37.2 Å². The van der Waals surface area contributed by atoms with Gasteiger partial charge >= 0.3 is 0 Å². The van der Waals surface area contributed by atoms with E-state index in [-0.39, 0.29) is 5.91 Å². The van der Waals surface area contributed by atoms with E-state index in [1.54, 1.807) is 11.8 Å². The highest BCUT2D eigenvalue weighted by atomic mass is 32.2. The second-order valence-electron chi connectivity index (χ2n) is 7.66. The molecule has 28 heavy (non-hydrogen) atoms. The van der Waals surface area contributed by atoms with Gasteiger partial charge in [-0.25, -0.2) is 0 Å². The van der Waals surface area contributed by atoms with Gasteiger partial charge in [-0.3, -0.25) is 4.79 Å². The van der Waals surface area contributed by atoms with Crippen LogP contribution in [0.1, 0.15) is 49.4 Å². The first kappa shape index (κ1) is 19.3. The van der Waals surface area contributed by atoms with Crippen molar-refractivity contribution in [2.75, 3.05) is 25.0 Å². The molecule has 1 atom stereocenters. The molecular formula is C23H29N3OS. The Labute approximate surface area is 172 Å². The predicted octanol–water partition coefficient (Wildman–Crippen LogP) is 5.28. The van der Waals surface area contributed by atoms with Crippen molar-refractivity contribution in [1.29, 1.82) is 0 Å². The standard InChI is InChI=1S/C23H29N3OS/c1-2-7-18(26-14-5-6-15-26)12-13-24-23(27)17-10-11-22-20(16-17)25-19-8-3-4-9-21(19)28-22/h3-4,8-11,16,18,25H,2,5-7,12-15H2,1H3,(H,24,27)/t18-/m1/s1. The number of nitrogens with zero attached hydrogens (tertiary/aromatic N) is 1. The summed E-state index contributed by atoms with van der Waals surface area (Å²) in [5.41, 5.74) is 2.84. The summed E-state index contributed by atoms with van der Waals surface area (Å²) in [5, 5.41) is 6.59. The summed E-state index contributed by atoms with van der Waals surface area (Å²) in [6.07, 6.45) is 6.08. The SMILES string of the molecule is CCC[C@H](CCNC(=O)c1ccc2c(c1)Nc1ccccc1S2)N1CCCC1. The van der Waals surface area contributed by atoms with Crippen molar-refractivity contribution in [2.24, 2.45) is 0 Å². The second-order valence-corrected chi connectivity index (χ2v) is 8.75. The molecule has 4 rings (SSSR count). The van der Waals surface area contributed by atoms with Crippen molar-refractivity contribution in [2.45, 2.75) is 54.9 Å². The van der Waals surface area contributed by atoms with E-state index in [4.69, 9.17) is 0 Å². The van der Waals surface area contributed by atoms with Gasteiger partial charge in [0.1, 0.15) is 0 Å². The van der Waals surface area contributed by atoms with Gasteiger partial charge in [0.15, 0.2) is 0 Å². The lowest BCUT2D eigenvalue weighted by Crippen LogP contribution is -2.36. The molecule has 2 heterocycles. The summed E-state index contributed by atoms with van der Waals surface area (Å²) < 4.78 is 0. The van der Waals surface area contributed by atoms with E-state index in [9.17, 15) is 4.79 Å². The maximum atomic E-state index is 12.7. The van der Waals surface area contributed by atoms with Gasteiger partial charge in [0.25, 0.3) is 5.91 Å². The molecule has 0 radical (unpaired) electrons. The molecule has 2 aromatic carbocycles. The largest absolute Gasteiger partial charge is 0.354 e. The first-order valence-electron chi connectivity index (χ1n) is 10.4. The van der Waals surface area contributed by atoms with Crippen LogP contribution >= 0.6 is 11.8 Å². The molecule has 2 aromatic rings. The molecule has 0 aromatic heterocycles. The van der Waals surface area contributed by atoms with Crippen molar-refractivity contribution < 1.29 is 4.79 Å². The molecule has 2 aliphatic rings. The van der Waals surface area contributed by atoms with Gasteiger partial charge in [-0.2, -0.15) is 0 Å². The van der Waals surface area contributed by atoms with Crippen LogP contribution in [0.25, 0.3) is 0 Å². The Morgan fingerprint density at radius 2 is 1.89 bits per heavy atom.